The zero-order chi connectivity index (χ0) is 10.0. The number of esters is 1. The molecule has 0 spiro atoms. The van der Waals surface area contributed by atoms with Crippen molar-refractivity contribution in [2.45, 2.75) is 20.0 Å². The van der Waals surface area contributed by atoms with Crippen molar-refractivity contribution in [2.75, 3.05) is 6.61 Å². The van der Waals surface area contributed by atoms with Gasteiger partial charge in [0.15, 0.2) is 11.7 Å². The topological polar surface area (TPSA) is 78.6 Å². The van der Waals surface area contributed by atoms with E-state index in [9.17, 15) is 9.59 Å². The first kappa shape index (κ1) is 9.57. The highest BCUT2D eigenvalue weighted by atomic mass is 16.5. The van der Waals surface area contributed by atoms with Crippen LogP contribution in [0.5, 0.6) is 0 Å². The predicted octanol–water partition coefficient (Wildman–Crippen LogP) is -0.292. The van der Waals surface area contributed by atoms with Gasteiger partial charge in [0.1, 0.15) is 0 Å². The molecule has 0 saturated heterocycles. The largest absolute Gasteiger partial charge is 0.467 e. The van der Waals surface area contributed by atoms with E-state index in [1.165, 1.54) is 6.92 Å². The van der Waals surface area contributed by atoms with Crippen molar-refractivity contribution >= 4 is 11.8 Å². The van der Waals surface area contributed by atoms with E-state index in [0.29, 0.717) is 0 Å². The van der Waals surface area contributed by atoms with Crippen LogP contribution in [-0.2, 0) is 19.1 Å². The number of hydrogen-bond acceptors (Lipinski definition) is 5. The van der Waals surface area contributed by atoms with Crippen molar-refractivity contribution in [1.82, 2.24) is 0 Å². The number of hydrogen-bond donors (Lipinski definition) is 1. The summed E-state index contributed by atoms with van der Waals surface area (Å²) in [4.78, 5) is 22.4. The second kappa shape index (κ2) is 3.47. The molecule has 0 saturated carbocycles. The van der Waals surface area contributed by atoms with E-state index in [1.54, 1.807) is 6.92 Å². The summed E-state index contributed by atoms with van der Waals surface area (Å²) >= 11 is 0. The zero-order valence-electron chi connectivity index (χ0n) is 7.49. The number of nitrogens with two attached hydrogens (primary N) is 1. The second-order valence-electron chi connectivity index (χ2n) is 2.58. The quantitative estimate of drug-likeness (QED) is 0.472. The maximum Gasteiger partial charge on any atom is 0.347 e. The van der Waals surface area contributed by atoms with Gasteiger partial charge in [-0.25, -0.2) is 4.79 Å². The van der Waals surface area contributed by atoms with Gasteiger partial charge in [-0.05, 0) is 13.8 Å². The fourth-order valence-electron chi connectivity index (χ4n) is 1.03. The Kier molecular flexibility index (Phi) is 2.55. The molecule has 5 heteroatoms. The average molecular weight is 185 g/mol. The molecule has 0 aromatic carbocycles. The number of ketones is 1. The molecule has 0 radical (unpaired) electrons. The fourth-order valence-corrected chi connectivity index (χ4v) is 1.03. The Bertz CT molecular complexity index is 282. The number of carbonyl (C=O) groups excluding carboxylic acids is 2. The lowest BCUT2D eigenvalue weighted by Crippen LogP contribution is -2.19. The molecule has 1 heterocycles. The van der Waals surface area contributed by atoms with Crippen LogP contribution in [0.4, 0.5) is 0 Å². The van der Waals surface area contributed by atoms with Crippen LogP contribution >= 0.6 is 0 Å². The summed E-state index contributed by atoms with van der Waals surface area (Å²) in [7, 11) is 0. The Labute approximate surface area is 75.5 Å². The smallest absolute Gasteiger partial charge is 0.347 e. The van der Waals surface area contributed by atoms with Gasteiger partial charge in [0.2, 0.25) is 11.7 Å². The molecule has 72 valence electrons. The molecule has 1 atom stereocenters. The maximum absolute atomic E-state index is 11.3. The maximum atomic E-state index is 11.3. The Morgan fingerprint density at radius 1 is 1.69 bits per heavy atom. The van der Waals surface area contributed by atoms with E-state index >= 15 is 0 Å². The first-order chi connectivity index (χ1) is 6.07. The van der Waals surface area contributed by atoms with Gasteiger partial charge in [-0.2, -0.15) is 0 Å². The van der Waals surface area contributed by atoms with E-state index in [-0.39, 0.29) is 18.1 Å². The third-order valence-corrected chi connectivity index (χ3v) is 1.65. The van der Waals surface area contributed by atoms with Crippen molar-refractivity contribution < 1.29 is 19.1 Å². The van der Waals surface area contributed by atoms with Crippen LogP contribution in [0.2, 0.25) is 0 Å². The lowest BCUT2D eigenvalue weighted by atomic mass is 10.1. The van der Waals surface area contributed by atoms with Crippen LogP contribution in [-0.4, -0.2) is 24.5 Å². The van der Waals surface area contributed by atoms with Gasteiger partial charge in [0.05, 0.1) is 6.61 Å². The zero-order valence-corrected chi connectivity index (χ0v) is 7.49. The highest BCUT2D eigenvalue weighted by Gasteiger charge is 2.36. The normalized spacial score (nSPS) is 21.7. The van der Waals surface area contributed by atoms with Crippen LogP contribution in [0.1, 0.15) is 13.8 Å². The summed E-state index contributed by atoms with van der Waals surface area (Å²) in [5.74, 6) is -1.28. The van der Waals surface area contributed by atoms with Gasteiger partial charge in [-0.1, -0.05) is 0 Å². The van der Waals surface area contributed by atoms with E-state index in [1.807, 2.05) is 0 Å². The molecular weight excluding hydrogens is 174 g/mol. The van der Waals surface area contributed by atoms with Crippen molar-refractivity contribution in [1.29, 1.82) is 0 Å². The van der Waals surface area contributed by atoms with Gasteiger partial charge in [-0.15, -0.1) is 0 Å². The molecule has 0 aromatic heterocycles. The van der Waals surface area contributed by atoms with E-state index in [0.717, 1.165) is 0 Å². The highest BCUT2D eigenvalue weighted by Crippen LogP contribution is 2.18. The average Bonchev–Trinajstić information content (AvgIpc) is 2.27. The lowest BCUT2D eigenvalue weighted by Gasteiger charge is -1.99. The van der Waals surface area contributed by atoms with Crippen LogP contribution in [0.15, 0.2) is 11.5 Å². The standard InChI is InChI=1S/C8H11NO4/c1-3-12-8(11)5-6(10)4(2)13-7(5)9/h4H,3,9H2,1-2H3. The minimum Gasteiger partial charge on any atom is -0.467 e. The molecule has 1 rings (SSSR count). The molecule has 0 fully saturated rings. The predicted molar refractivity (Wildman–Crippen MR) is 43.4 cm³/mol. The first-order valence-electron chi connectivity index (χ1n) is 3.95. The molecule has 0 bridgehead atoms. The molecule has 0 aromatic rings. The molecule has 1 unspecified atom stereocenters. The van der Waals surface area contributed by atoms with Crippen LogP contribution in [0.3, 0.4) is 0 Å². The molecule has 1 aliphatic heterocycles. The van der Waals surface area contributed by atoms with E-state index in [2.05, 4.69) is 4.74 Å². The van der Waals surface area contributed by atoms with Crippen LogP contribution < -0.4 is 5.73 Å². The number of ether oxygens (including phenoxy) is 2. The monoisotopic (exact) mass is 185 g/mol. The molecule has 1 aliphatic rings. The number of rotatable bonds is 2. The van der Waals surface area contributed by atoms with Gasteiger partial charge in [0.25, 0.3) is 0 Å². The summed E-state index contributed by atoms with van der Waals surface area (Å²) < 4.78 is 9.50. The first-order valence-corrected chi connectivity index (χ1v) is 3.95. The Balaban J connectivity index is 2.84. The lowest BCUT2D eigenvalue weighted by molar-refractivity contribution is -0.140. The van der Waals surface area contributed by atoms with Crippen molar-refractivity contribution in [3.05, 3.63) is 11.5 Å². The Morgan fingerprint density at radius 3 is 2.69 bits per heavy atom. The minimum atomic E-state index is -0.714. The highest BCUT2D eigenvalue weighted by molar-refractivity contribution is 6.20. The summed E-state index contributed by atoms with van der Waals surface area (Å²) in [5.41, 5.74) is 5.15. The van der Waals surface area contributed by atoms with Crippen molar-refractivity contribution in [3.63, 3.8) is 0 Å². The summed E-state index contributed by atoms with van der Waals surface area (Å²) in [6, 6.07) is 0. The summed E-state index contributed by atoms with van der Waals surface area (Å²) in [6.07, 6.45) is -0.681. The molecule has 0 amide bonds. The van der Waals surface area contributed by atoms with Gasteiger partial charge in [0, 0.05) is 0 Å². The molecule has 5 nitrogen and oxygen atoms in total. The minimum absolute atomic E-state index is 0.143. The fraction of sp³-hybridized carbons (Fsp3) is 0.500. The third kappa shape index (κ3) is 1.63. The van der Waals surface area contributed by atoms with Crippen molar-refractivity contribution in [3.8, 4) is 0 Å². The molecule has 13 heavy (non-hydrogen) atoms. The molecule has 0 aliphatic carbocycles. The van der Waals surface area contributed by atoms with Gasteiger partial charge < -0.3 is 15.2 Å². The van der Waals surface area contributed by atoms with E-state index < -0.39 is 17.9 Å². The van der Waals surface area contributed by atoms with E-state index in [4.69, 9.17) is 10.5 Å². The number of carbonyl (C=O) groups is 2. The van der Waals surface area contributed by atoms with Crippen LogP contribution in [0, 0.1) is 0 Å². The second-order valence-corrected chi connectivity index (χ2v) is 2.58. The van der Waals surface area contributed by atoms with Gasteiger partial charge in [-0.3, -0.25) is 4.79 Å². The summed E-state index contributed by atoms with van der Waals surface area (Å²) in [6.45, 7) is 3.39. The number of Topliss-reactive ketones (excluding diaryl/α,β-unsaturated/α-hetero) is 1. The third-order valence-electron chi connectivity index (χ3n) is 1.65. The summed E-state index contributed by atoms with van der Waals surface area (Å²) in [5, 5.41) is 0. The Morgan fingerprint density at radius 2 is 2.31 bits per heavy atom. The van der Waals surface area contributed by atoms with Gasteiger partial charge >= 0.3 is 5.97 Å². The molecule has 2 N–H and O–H groups in total. The SMILES string of the molecule is CCOC(=O)C1=C(N)OC(C)C1=O. The molecular formula is C8H11NO4. The van der Waals surface area contributed by atoms with Crippen molar-refractivity contribution in [2.24, 2.45) is 5.73 Å². The Hall–Kier alpha value is -1.52. The van der Waals surface area contributed by atoms with Crippen LogP contribution in [0.25, 0.3) is 0 Å².